The number of piperidine rings is 1. The van der Waals surface area contributed by atoms with Crippen LogP contribution in [0.5, 0.6) is 0 Å². The van der Waals surface area contributed by atoms with E-state index in [9.17, 15) is 4.79 Å². The number of carbonyl (C=O) groups is 1. The lowest BCUT2D eigenvalue weighted by molar-refractivity contribution is -0.133. The summed E-state index contributed by atoms with van der Waals surface area (Å²) in [6.07, 6.45) is 3.08. The number of nitrogens with two attached hydrogens (primary N) is 1. The van der Waals surface area contributed by atoms with Crippen molar-refractivity contribution in [1.29, 1.82) is 0 Å². The molecule has 0 aliphatic carbocycles. The van der Waals surface area contributed by atoms with Gasteiger partial charge in [0, 0.05) is 32.2 Å². The molecule has 0 bridgehead atoms. The summed E-state index contributed by atoms with van der Waals surface area (Å²) in [6.45, 7) is 10.7. The maximum atomic E-state index is 12.2. The molecule has 0 aromatic rings. The molecule has 1 saturated heterocycles. The van der Waals surface area contributed by atoms with Gasteiger partial charge in [-0.2, -0.15) is 0 Å². The summed E-state index contributed by atoms with van der Waals surface area (Å²) in [5.74, 6) is 0.777. The summed E-state index contributed by atoms with van der Waals surface area (Å²) in [5, 5.41) is 0. The van der Waals surface area contributed by atoms with Gasteiger partial charge in [-0.15, -0.1) is 12.4 Å². The third kappa shape index (κ3) is 6.11. The highest BCUT2D eigenvalue weighted by Gasteiger charge is 2.25. The van der Waals surface area contributed by atoms with E-state index in [-0.39, 0.29) is 18.3 Å². The molecule has 1 rings (SSSR count). The van der Waals surface area contributed by atoms with Crippen LogP contribution in [-0.2, 0) is 4.79 Å². The smallest absolute Gasteiger partial charge is 0.236 e. The fraction of sp³-hybridized carbons (Fsp3) is 0.929. The van der Waals surface area contributed by atoms with Gasteiger partial charge in [0.05, 0.1) is 6.54 Å². The van der Waals surface area contributed by atoms with Gasteiger partial charge in [0.1, 0.15) is 0 Å². The molecule has 2 N–H and O–H groups in total. The molecule has 1 amide bonds. The van der Waals surface area contributed by atoms with Crippen LogP contribution < -0.4 is 5.73 Å². The minimum atomic E-state index is 0. The Hall–Kier alpha value is -0.320. The fourth-order valence-corrected chi connectivity index (χ4v) is 2.59. The van der Waals surface area contributed by atoms with Gasteiger partial charge in [-0.3, -0.25) is 9.69 Å². The van der Waals surface area contributed by atoms with Gasteiger partial charge in [-0.1, -0.05) is 20.8 Å². The Morgan fingerprint density at radius 1 is 1.32 bits per heavy atom. The first-order valence-electron chi connectivity index (χ1n) is 7.34. The molecule has 1 aliphatic heterocycles. The van der Waals surface area contributed by atoms with Gasteiger partial charge < -0.3 is 10.6 Å². The number of hydrogen-bond acceptors (Lipinski definition) is 3. The molecule has 0 aromatic carbocycles. The molecular formula is C14H30ClN3O. The van der Waals surface area contributed by atoms with Crippen LogP contribution in [0.15, 0.2) is 0 Å². The van der Waals surface area contributed by atoms with E-state index in [0.717, 1.165) is 45.4 Å². The van der Waals surface area contributed by atoms with Crippen LogP contribution in [0, 0.1) is 5.92 Å². The second-order valence-electron chi connectivity index (χ2n) is 5.55. The lowest BCUT2D eigenvalue weighted by Gasteiger charge is -2.35. The first-order chi connectivity index (χ1) is 8.58. The van der Waals surface area contributed by atoms with Crippen LogP contribution in [0.25, 0.3) is 0 Å². The van der Waals surface area contributed by atoms with Crippen LogP contribution in [0.4, 0.5) is 0 Å². The van der Waals surface area contributed by atoms with E-state index >= 15 is 0 Å². The van der Waals surface area contributed by atoms with Crippen molar-refractivity contribution in [2.45, 2.75) is 46.1 Å². The average molecular weight is 292 g/mol. The first-order valence-corrected chi connectivity index (χ1v) is 7.34. The monoisotopic (exact) mass is 291 g/mol. The normalized spacial score (nSPS) is 23.8. The van der Waals surface area contributed by atoms with Gasteiger partial charge in [-0.05, 0) is 25.2 Å². The summed E-state index contributed by atoms with van der Waals surface area (Å²) >= 11 is 0. The Kier molecular flexibility index (Phi) is 9.40. The summed E-state index contributed by atoms with van der Waals surface area (Å²) < 4.78 is 0. The van der Waals surface area contributed by atoms with E-state index in [4.69, 9.17) is 5.73 Å². The highest BCUT2D eigenvalue weighted by Crippen LogP contribution is 2.14. The topological polar surface area (TPSA) is 49.6 Å². The Balaban J connectivity index is 0.00000324. The number of amides is 1. The molecule has 1 fully saturated rings. The molecule has 0 saturated carbocycles. The maximum absolute atomic E-state index is 12.2. The second-order valence-corrected chi connectivity index (χ2v) is 5.55. The SMILES string of the molecule is CCCN(CCC)C(=O)CN1CCC(N)C(C)C1.Cl. The lowest BCUT2D eigenvalue weighted by atomic mass is 9.95. The summed E-state index contributed by atoms with van der Waals surface area (Å²) in [6, 6.07) is 0.304. The van der Waals surface area contributed by atoms with Crippen molar-refractivity contribution in [3.05, 3.63) is 0 Å². The van der Waals surface area contributed by atoms with E-state index < -0.39 is 0 Å². The Bertz CT molecular complexity index is 257. The van der Waals surface area contributed by atoms with E-state index in [1.807, 2.05) is 4.90 Å². The number of nitrogens with zero attached hydrogens (tertiary/aromatic N) is 2. The first kappa shape index (κ1) is 18.7. The zero-order valence-corrected chi connectivity index (χ0v) is 13.4. The van der Waals surface area contributed by atoms with E-state index in [1.165, 1.54) is 0 Å². The second kappa shape index (κ2) is 9.56. The molecule has 0 spiro atoms. The van der Waals surface area contributed by atoms with Crippen LogP contribution in [0.3, 0.4) is 0 Å². The van der Waals surface area contributed by atoms with Crippen LogP contribution in [0.2, 0.25) is 0 Å². The van der Waals surface area contributed by atoms with Crippen molar-refractivity contribution in [1.82, 2.24) is 9.80 Å². The molecule has 0 radical (unpaired) electrons. The largest absolute Gasteiger partial charge is 0.342 e. The highest BCUT2D eigenvalue weighted by atomic mass is 35.5. The molecule has 1 aliphatic rings. The summed E-state index contributed by atoms with van der Waals surface area (Å²) in [7, 11) is 0. The van der Waals surface area contributed by atoms with Crippen molar-refractivity contribution >= 4 is 18.3 Å². The van der Waals surface area contributed by atoms with Gasteiger partial charge in [0.2, 0.25) is 5.91 Å². The van der Waals surface area contributed by atoms with Crippen LogP contribution in [-0.4, -0.2) is 54.5 Å². The number of halogens is 1. The molecule has 19 heavy (non-hydrogen) atoms. The number of likely N-dealkylation sites (tertiary alicyclic amines) is 1. The molecule has 4 nitrogen and oxygen atoms in total. The van der Waals surface area contributed by atoms with E-state index in [1.54, 1.807) is 0 Å². The molecule has 0 aromatic heterocycles. The predicted molar refractivity (Wildman–Crippen MR) is 82.6 cm³/mol. The van der Waals surface area contributed by atoms with E-state index in [0.29, 0.717) is 18.5 Å². The number of hydrogen-bond donors (Lipinski definition) is 1. The lowest BCUT2D eigenvalue weighted by Crippen LogP contribution is -2.49. The average Bonchev–Trinajstić information content (AvgIpc) is 2.33. The van der Waals surface area contributed by atoms with Crippen LogP contribution >= 0.6 is 12.4 Å². The number of carbonyl (C=O) groups excluding carboxylic acids is 1. The third-order valence-electron chi connectivity index (χ3n) is 3.75. The Morgan fingerprint density at radius 2 is 1.89 bits per heavy atom. The zero-order chi connectivity index (χ0) is 13.5. The van der Waals surface area contributed by atoms with Crippen molar-refractivity contribution in [3.8, 4) is 0 Å². The van der Waals surface area contributed by atoms with Gasteiger partial charge in [0.25, 0.3) is 0 Å². The quantitative estimate of drug-likeness (QED) is 0.811. The van der Waals surface area contributed by atoms with Gasteiger partial charge in [0.15, 0.2) is 0 Å². The van der Waals surface area contributed by atoms with Crippen molar-refractivity contribution in [2.24, 2.45) is 11.7 Å². The van der Waals surface area contributed by atoms with Gasteiger partial charge in [-0.25, -0.2) is 0 Å². The zero-order valence-electron chi connectivity index (χ0n) is 12.6. The maximum Gasteiger partial charge on any atom is 0.236 e. The predicted octanol–water partition coefficient (Wildman–Crippen LogP) is 1.73. The minimum Gasteiger partial charge on any atom is -0.342 e. The van der Waals surface area contributed by atoms with Crippen LogP contribution in [0.1, 0.15) is 40.0 Å². The highest BCUT2D eigenvalue weighted by molar-refractivity contribution is 5.85. The van der Waals surface area contributed by atoms with Gasteiger partial charge >= 0.3 is 0 Å². The van der Waals surface area contributed by atoms with E-state index in [2.05, 4.69) is 25.7 Å². The fourth-order valence-electron chi connectivity index (χ4n) is 2.59. The van der Waals surface area contributed by atoms with Crippen molar-refractivity contribution in [3.63, 3.8) is 0 Å². The summed E-state index contributed by atoms with van der Waals surface area (Å²) in [5.41, 5.74) is 6.00. The molecule has 5 heteroatoms. The Labute approximate surface area is 124 Å². The molecule has 2 atom stereocenters. The third-order valence-corrected chi connectivity index (χ3v) is 3.75. The standard InChI is InChI=1S/C14H29N3O.ClH/c1-4-7-17(8-5-2)14(18)11-16-9-6-13(15)12(3)10-16;/h12-13H,4-11,15H2,1-3H3;1H. The Morgan fingerprint density at radius 3 is 2.37 bits per heavy atom. The molecule has 2 unspecified atom stereocenters. The van der Waals surface area contributed by atoms with Crippen molar-refractivity contribution < 1.29 is 4.79 Å². The van der Waals surface area contributed by atoms with Crippen molar-refractivity contribution in [2.75, 3.05) is 32.7 Å². The molecule has 1 heterocycles. The summed E-state index contributed by atoms with van der Waals surface area (Å²) in [4.78, 5) is 16.5. The molecular weight excluding hydrogens is 262 g/mol. The number of rotatable bonds is 6. The minimum absolute atomic E-state index is 0. The molecule has 114 valence electrons.